The molecule has 2 bridgehead atoms. The molecule has 6 rings (SSSR count). The van der Waals surface area contributed by atoms with E-state index in [1.165, 1.54) is 68.0 Å². The zero-order chi connectivity index (χ0) is 17.3. The van der Waals surface area contributed by atoms with Crippen molar-refractivity contribution in [2.24, 2.45) is 11.8 Å². The fraction of sp³-hybridized carbons (Fsp3) is 0.583. The molecule has 2 atom stereocenters. The maximum atomic E-state index is 6.65. The topological polar surface area (TPSA) is 12.5 Å². The van der Waals surface area contributed by atoms with E-state index in [4.69, 9.17) is 4.74 Å². The molecule has 3 heterocycles. The molecule has 26 heavy (non-hydrogen) atoms. The maximum absolute atomic E-state index is 6.65. The van der Waals surface area contributed by atoms with Crippen molar-refractivity contribution in [2.75, 3.05) is 26.2 Å². The van der Waals surface area contributed by atoms with Crippen LogP contribution < -0.4 is 0 Å². The zero-order valence-electron chi connectivity index (χ0n) is 15.8. The van der Waals surface area contributed by atoms with Gasteiger partial charge < -0.3 is 9.64 Å². The second-order valence-electron chi connectivity index (χ2n) is 8.73. The van der Waals surface area contributed by atoms with Crippen molar-refractivity contribution in [3.8, 4) is 0 Å². The molecular formula is C24H31NO. The molecule has 3 saturated heterocycles. The third-order valence-corrected chi connectivity index (χ3v) is 7.28. The molecule has 2 heteroatoms. The van der Waals surface area contributed by atoms with Crippen LogP contribution >= 0.6 is 0 Å². The lowest BCUT2D eigenvalue weighted by Crippen LogP contribution is -2.51. The first-order valence-corrected chi connectivity index (χ1v) is 10.7. The Balaban J connectivity index is 1.40. The van der Waals surface area contributed by atoms with Crippen LogP contribution in [0.2, 0.25) is 0 Å². The van der Waals surface area contributed by atoms with Gasteiger partial charge in [0.25, 0.3) is 0 Å². The molecule has 138 valence electrons. The number of ether oxygens (including phenoxy) is 1. The summed E-state index contributed by atoms with van der Waals surface area (Å²) in [4.78, 5) is 2.60. The highest BCUT2D eigenvalue weighted by Crippen LogP contribution is 2.41. The molecule has 1 saturated carbocycles. The Morgan fingerprint density at radius 2 is 1.69 bits per heavy atom. The molecule has 1 aliphatic carbocycles. The second-order valence-corrected chi connectivity index (χ2v) is 8.73. The van der Waals surface area contributed by atoms with Crippen molar-refractivity contribution < 1.29 is 4.74 Å². The van der Waals surface area contributed by atoms with E-state index in [1.807, 2.05) is 0 Å². The highest BCUT2D eigenvalue weighted by atomic mass is 16.5. The van der Waals surface area contributed by atoms with Crippen molar-refractivity contribution in [3.63, 3.8) is 0 Å². The lowest BCUT2D eigenvalue weighted by molar-refractivity contribution is -0.0762. The Morgan fingerprint density at radius 1 is 0.923 bits per heavy atom. The van der Waals surface area contributed by atoms with Gasteiger partial charge >= 0.3 is 0 Å². The SMILES string of the molecule is c1ccc2c(C(CO[C@H]3CN4CCC3CC4)C3CCCC3)cccc2c1. The van der Waals surface area contributed by atoms with Crippen molar-refractivity contribution in [3.05, 3.63) is 48.0 Å². The monoisotopic (exact) mass is 349 g/mol. The van der Waals surface area contributed by atoms with Crippen LogP contribution in [0, 0.1) is 11.8 Å². The smallest absolute Gasteiger partial charge is 0.0731 e. The van der Waals surface area contributed by atoms with Crippen LogP contribution in [0.1, 0.15) is 50.0 Å². The molecule has 0 N–H and O–H groups in total. The molecule has 2 aromatic rings. The normalized spacial score (nSPS) is 30.1. The van der Waals surface area contributed by atoms with Gasteiger partial charge in [0.1, 0.15) is 0 Å². The highest BCUT2D eigenvalue weighted by Gasteiger charge is 2.36. The highest BCUT2D eigenvalue weighted by molar-refractivity contribution is 5.86. The summed E-state index contributed by atoms with van der Waals surface area (Å²) in [6.07, 6.45) is 8.68. The van der Waals surface area contributed by atoms with E-state index in [-0.39, 0.29) is 0 Å². The van der Waals surface area contributed by atoms with Gasteiger partial charge in [0, 0.05) is 12.5 Å². The predicted octanol–water partition coefficient (Wildman–Crippen LogP) is 5.22. The number of fused-ring (bicyclic) bond motifs is 4. The van der Waals surface area contributed by atoms with E-state index >= 15 is 0 Å². The van der Waals surface area contributed by atoms with Gasteiger partial charge in [-0.15, -0.1) is 0 Å². The number of rotatable bonds is 5. The molecule has 2 aromatic carbocycles. The average molecular weight is 350 g/mol. The Kier molecular flexibility index (Phi) is 4.72. The molecule has 0 spiro atoms. The molecule has 1 unspecified atom stereocenters. The quantitative estimate of drug-likeness (QED) is 0.733. The van der Waals surface area contributed by atoms with E-state index < -0.39 is 0 Å². The molecular weight excluding hydrogens is 318 g/mol. The number of benzene rings is 2. The summed E-state index contributed by atoms with van der Waals surface area (Å²) in [6, 6.07) is 15.8. The first-order chi connectivity index (χ1) is 12.9. The number of hydrogen-bond acceptors (Lipinski definition) is 2. The van der Waals surface area contributed by atoms with Crippen molar-refractivity contribution in [1.82, 2.24) is 4.90 Å². The molecule has 0 radical (unpaired) electrons. The largest absolute Gasteiger partial charge is 0.376 e. The van der Waals surface area contributed by atoms with Gasteiger partial charge in [-0.3, -0.25) is 0 Å². The summed E-state index contributed by atoms with van der Waals surface area (Å²) in [7, 11) is 0. The molecule has 0 aromatic heterocycles. The van der Waals surface area contributed by atoms with Crippen molar-refractivity contribution >= 4 is 10.8 Å². The third kappa shape index (κ3) is 3.18. The molecule has 4 aliphatic rings. The zero-order valence-corrected chi connectivity index (χ0v) is 15.8. The van der Waals surface area contributed by atoms with Crippen LogP contribution in [0.4, 0.5) is 0 Å². The number of piperidine rings is 3. The minimum absolute atomic E-state index is 0.469. The van der Waals surface area contributed by atoms with Crippen molar-refractivity contribution in [2.45, 2.75) is 50.5 Å². The van der Waals surface area contributed by atoms with E-state index in [2.05, 4.69) is 47.4 Å². The van der Waals surface area contributed by atoms with Crippen LogP contribution in [0.3, 0.4) is 0 Å². The van der Waals surface area contributed by atoms with Crippen LogP contribution in [-0.4, -0.2) is 37.2 Å². The summed E-state index contributed by atoms with van der Waals surface area (Å²) in [5.74, 6) is 2.15. The molecule has 0 amide bonds. The summed E-state index contributed by atoms with van der Waals surface area (Å²) >= 11 is 0. The van der Waals surface area contributed by atoms with Crippen molar-refractivity contribution in [1.29, 1.82) is 0 Å². The predicted molar refractivity (Wildman–Crippen MR) is 108 cm³/mol. The molecule has 3 aliphatic heterocycles. The lowest BCUT2D eigenvalue weighted by atomic mass is 9.82. The van der Waals surface area contributed by atoms with Gasteiger partial charge in [-0.25, -0.2) is 0 Å². The van der Waals surface area contributed by atoms with E-state index in [0.29, 0.717) is 12.0 Å². The van der Waals surface area contributed by atoms with E-state index in [9.17, 15) is 0 Å². The number of nitrogens with zero attached hydrogens (tertiary/aromatic N) is 1. The standard InChI is InChI=1S/C24H31NO/c1-2-8-19(7-1)23(17-26-24-16-25-14-12-20(24)13-15-25)22-11-5-9-18-6-3-4-10-21(18)22/h3-6,9-11,19-20,23-24H,1-2,7-8,12-17H2/t23?,24-/m0/s1. The van der Waals surface area contributed by atoms with Crippen LogP contribution in [0.5, 0.6) is 0 Å². The third-order valence-electron chi connectivity index (χ3n) is 7.28. The molecule has 4 fully saturated rings. The van der Waals surface area contributed by atoms with Crippen LogP contribution in [0.25, 0.3) is 10.8 Å². The fourth-order valence-electron chi connectivity index (χ4n) is 5.74. The minimum Gasteiger partial charge on any atom is -0.376 e. The second kappa shape index (κ2) is 7.32. The van der Waals surface area contributed by atoms with Crippen LogP contribution in [0.15, 0.2) is 42.5 Å². The first-order valence-electron chi connectivity index (χ1n) is 10.7. The summed E-state index contributed by atoms with van der Waals surface area (Å²) in [5.41, 5.74) is 1.52. The van der Waals surface area contributed by atoms with Crippen LogP contribution in [-0.2, 0) is 4.74 Å². The maximum Gasteiger partial charge on any atom is 0.0731 e. The first kappa shape index (κ1) is 16.8. The van der Waals surface area contributed by atoms with Gasteiger partial charge in [0.05, 0.1) is 12.7 Å². The summed E-state index contributed by atoms with van der Waals surface area (Å²) < 4.78 is 6.65. The van der Waals surface area contributed by atoms with E-state index in [0.717, 1.165) is 25.0 Å². The fourth-order valence-corrected chi connectivity index (χ4v) is 5.74. The van der Waals surface area contributed by atoms with Gasteiger partial charge in [-0.2, -0.15) is 0 Å². The van der Waals surface area contributed by atoms with Gasteiger partial charge in [-0.1, -0.05) is 55.3 Å². The molecule has 2 nitrogen and oxygen atoms in total. The minimum atomic E-state index is 0.469. The van der Waals surface area contributed by atoms with E-state index in [1.54, 1.807) is 0 Å². The summed E-state index contributed by atoms with van der Waals surface area (Å²) in [6.45, 7) is 4.66. The lowest BCUT2D eigenvalue weighted by Gasteiger charge is -2.45. The van der Waals surface area contributed by atoms with Gasteiger partial charge in [0.2, 0.25) is 0 Å². The Labute approximate surface area is 157 Å². The Hall–Kier alpha value is -1.38. The number of hydrogen-bond donors (Lipinski definition) is 0. The summed E-state index contributed by atoms with van der Waals surface area (Å²) in [5, 5.41) is 2.81. The van der Waals surface area contributed by atoms with Gasteiger partial charge in [-0.05, 0) is 66.9 Å². The average Bonchev–Trinajstić information content (AvgIpc) is 3.24. The Morgan fingerprint density at radius 3 is 2.46 bits per heavy atom. The van der Waals surface area contributed by atoms with Gasteiger partial charge in [0.15, 0.2) is 0 Å². The Bertz CT molecular complexity index is 737.